The number of hydrogen-bond acceptors (Lipinski definition) is 2. The molecule has 1 saturated heterocycles. The monoisotopic (exact) mass is 144 g/mol. The molecule has 0 aromatic carbocycles. The first kappa shape index (κ1) is 8.02. The van der Waals surface area contributed by atoms with Gasteiger partial charge in [0, 0.05) is 0 Å². The van der Waals surface area contributed by atoms with E-state index in [1.54, 1.807) is 0 Å². The van der Waals surface area contributed by atoms with E-state index in [1.165, 1.54) is 12.8 Å². The van der Waals surface area contributed by atoms with Crippen LogP contribution in [0.5, 0.6) is 0 Å². The number of rotatable bonds is 5. The third-order valence-corrected chi connectivity index (χ3v) is 1.80. The molecule has 0 radical (unpaired) electrons. The van der Waals surface area contributed by atoms with Crippen molar-refractivity contribution in [2.75, 3.05) is 6.61 Å². The fraction of sp³-hybridized carbons (Fsp3) is 1.00. The Balaban J connectivity index is 1.76. The van der Waals surface area contributed by atoms with Gasteiger partial charge in [-0.05, 0) is 19.8 Å². The second-order valence-corrected chi connectivity index (χ2v) is 3.09. The van der Waals surface area contributed by atoms with E-state index in [0.717, 1.165) is 19.4 Å². The Labute approximate surface area is 62.2 Å². The van der Waals surface area contributed by atoms with Crippen LogP contribution in [0.15, 0.2) is 0 Å². The van der Waals surface area contributed by atoms with E-state index in [9.17, 15) is 0 Å². The molecule has 0 aromatic rings. The Kier molecular flexibility index (Phi) is 3.16. The Bertz CT molecular complexity index is 83.3. The van der Waals surface area contributed by atoms with Gasteiger partial charge in [-0.3, -0.25) is 0 Å². The first-order chi connectivity index (χ1) is 4.79. The maximum absolute atomic E-state index is 8.90. The lowest BCUT2D eigenvalue weighted by atomic mass is 10.1. The molecule has 0 aromatic heterocycles. The summed E-state index contributed by atoms with van der Waals surface area (Å²) in [6.45, 7) is 2.81. The molecular formula is C8H16O2. The van der Waals surface area contributed by atoms with Crippen molar-refractivity contribution in [3.8, 4) is 0 Å². The predicted octanol–water partition coefficient (Wildman–Crippen LogP) is 1.33. The van der Waals surface area contributed by atoms with E-state index in [2.05, 4.69) is 0 Å². The van der Waals surface area contributed by atoms with Crippen molar-refractivity contribution in [1.29, 1.82) is 0 Å². The van der Waals surface area contributed by atoms with Gasteiger partial charge in [0.15, 0.2) is 0 Å². The van der Waals surface area contributed by atoms with E-state index in [4.69, 9.17) is 9.84 Å². The van der Waals surface area contributed by atoms with Crippen molar-refractivity contribution in [1.82, 2.24) is 0 Å². The number of aliphatic hydroxyl groups is 1. The van der Waals surface area contributed by atoms with Crippen LogP contribution < -0.4 is 0 Å². The third kappa shape index (κ3) is 3.85. The minimum atomic E-state index is -0.125. The molecule has 1 fully saturated rings. The predicted molar refractivity (Wildman–Crippen MR) is 39.9 cm³/mol. The van der Waals surface area contributed by atoms with Crippen LogP contribution in [0.25, 0.3) is 0 Å². The zero-order valence-electron chi connectivity index (χ0n) is 6.55. The first-order valence-electron chi connectivity index (χ1n) is 4.08. The first-order valence-corrected chi connectivity index (χ1v) is 4.08. The molecule has 0 saturated carbocycles. The van der Waals surface area contributed by atoms with Gasteiger partial charge in [-0.25, -0.2) is 0 Å². The van der Waals surface area contributed by atoms with Crippen LogP contribution in [0.1, 0.15) is 32.6 Å². The standard InChI is InChI=1S/C8H16O2/c1-7(9)4-2-3-5-8-6-10-8/h7-9H,2-6H2,1H3/t7-,8-/m1/s1. The van der Waals surface area contributed by atoms with Crippen molar-refractivity contribution in [3.05, 3.63) is 0 Å². The summed E-state index contributed by atoms with van der Waals surface area (Å²) in [6, 6.07) is 0. The number of epoxide rings is 1. The zero-order chi connectivity index (χ0) is 7.40. The van der Waals surface area contributed by atoms with Crippen LogP contribution in [-0.2, 0) is 4.74 Å². The fourth-order valence-electron chi connectivity index (χ4n) is 1.05. The van der Waals surface area contributed by atoms with E-state index in [-0.39, 0.29) is 6.10 Å². The maximum Gasteiger partial charge on any atom is 0.0810 e. The Hall–Kier alpha value is -0.0800. The van der Waals surface area contributed by atoms with Crippen LogP contribution in [-0.4, -0.2) is 23.9 Å². The Morgan fingerprint density at radius 1 is 1.60 bits per heavy atom. The molecule has 2 heteroatoms. The van der Waals surface area contributed by atoms with Gasteiger partial charge < -0.3 is 9.84 Å². The van der Waals surface area contributed by atoms with Gasteiger partial charge in [0.1, 0.15) is 0 Å². The van der Waals surface area contributed by atoms with Crippen molar-refractivity contribution in [2.45, 2.75) is 44.8 Å². The van der Waals surface area contributed by atoms with Gasteiger partial charge in [-0.15, -0.1) is 0 Å². The van der Waals surface area contributed by atoms with Gasteiger partial charge >= 0.3 is 0 Å². The number of hydrogen-bond donors (Lipinski definition) is 1. The number of unbranched alkanes of at least 4 members (excludes halogenated alkanes) is 1. The van der Waals surface area contributed by atoms with Crippen molar-refractivity contribution in [2.24, 2.45) is 0 Å². The molecule has 0 bridgehead atoms. The minimum absolute atomic E-state index is 0.125. The number of ether oxygens (including phenoxy) is 1. The van der Waals surface area contributed by atoms with Gasteiger partial charge in [0.2, 0.25) is 0 Å². The molecule has 1 aliphatic rings. The Morgan fingerprint density at radius 3 is 2.80 bits per heavy atom. The summed E-state index contributed by atoms with van der Waals surface area (Å²) < 4.78 is 5.05. The highest BCUT2D eigenvalue weighted by Gasteiger charge is 2.20. The SMILES string of the molecule is C[C@@H](O)CCCC[C@@H]1CO1. The summed E-state index contributed by atoms with van der Waals surface area (Å²) in [4.78, 5) is 0. The average molecular weight is 144 g/mol. The minimum Gasteiger partial charge on any atom is -0.393 e. The van der Waals surface area contributed by atoms with Crippen LogP contribution in [0.2, 0.25) is 0 Å². The summed E-state index contributed by atoms with van der Waals surface area (Å²) in [6.07, 6.45) is 4.90. The summed E-state index contributed by atoms with van der Waals surface area (Å²) in [5.41, 5.74) is 0. The molecule has 2 nitrogen and oxygen atoms in total. The molecule has 2 atom stereocenters. The smallest absolute Gasteiger partial charge is 0.0810 e. The van der Waals surface area contributed by atoms with Gasteiger partial charge in [0.05, 0.1) is 18.8 Å². The summed E-state index contributed by atoms with van der Waals surface area (Å²) >= 11 is 0. The highest BCUT2D eigenvalue weighted by molar-refractivity contribution is 4.68. The zero-order valence-corrected chi connectivity index (χ0v) is 6.55. The molecule has 1 rings (SSSR count). The third-order valence-electron chi connectivity index (χ3n) is 1.80. The molecule has 1 heterocycles. The molecule has 1 aliphatic heterocycles. The van der Waals surface area contributed by atoms with Gasteiger partial charge in [-0.1, -0.05) is 12.8 Å². The topological polar surface area (TPSA) is 32.8 Å². The lowest BCUT2D eigenvalue weighted by Crippen LogP contribution is -1.98. The van der Waals surface area contributed by atoms with E-state index in [0.29, 0.717) is 6.10 Å². The second kappa shape index (κ2) is 3.94. The number of aliphatic hydroxyl groups excluding tert-OH is 1. The molecule has 1 N–H and O–H groups in total. The highest BCUT2D eigenvalue weighted by Crippen LogP contribution is 2.17. The van der Waals surface area contributed by atoms with Crippen LogP contribution >= 0.6 is 0 Å². The molecular weight excluding hydrogens is 128 g/mol. The lowest BCUT2D eigenvalue weighted by Gasteiger charge is -2.01. The molecule has 0 amide bonds. The summed E-state index contributed by atoms with van der Waals surface area (Å²) in [5.74, 6) is 0. The van der Waals surface area contributed by atoms with Crippen LogP contribution in [0.3, 0.4) is 0 Å². The van der Waals surface area contributed by atoms with Crippen molar-refractivity contribution < 1.29 is 9.84 Å². The Morgan fingerprint density at radius 2 is 2.30 bits per heavy atom. The molecule has 0 unspecified atom stereocenters. The lowest BCUT2D eigenvalue weighted by molar-refractivity contribution is 0.180. The second-order valence-electron chi connectivity index (χ2n) is 3.09. The van der Waals surface area contributed by atoms with Crippen LogP contribution in [0, 0.1) is 0 Å². The average Bonchev–Trinajstić information content (AvgIpc) is 2.62. The summed E-state index contributed by atoms with van der Waals surface area (Å²) in [7, 11) is 0. The highest BCUT2D eigenvalue weighted by atomic mass is 16.6. The van der Waals surface area contributed by atoms with Crippen LogP contribution in [0.4, 0.5) is 0 Å². The maximum atomic E-state index is 8.90. The van der Waals surface area contributed by atoms with E-state index >= 15 is 0 Å². The summed E-state index contributed by atoms with van der Waals surface area (Å²) in [5, 5.41) is 8.90. The largest absolute Gasteiger partial charge is 0.393 e. The van der Waals surface area contributed by atoms with E-state index in [1.807, 2.05) is 6.92 Å². The van der Waals surface area contributed by atoms with Gasteiger partial charge in [-0.2, -0.15) is 0 Å². The van der Waals surface area contributed by atoms with Crippen molar-refractivity contribution >= 4 is 0 Å². The quantitative estimate of drug-likeness (QED) is 0.466. The van der Waals surface area contributed by atoms with Gasteiger partial charge in [0.25, 0.3) is 0 Å². The fourth-order valence-corrected chi connectivity index (χ4v) is 1.05. The normalized spacial score (nSPS) is 26.4. The molecule has 0 aliphatic carbocycles. The molecule has 0 spiro atoms. The van der Waals surface area contributed by atoms with Crippen molar-refractivity contribution in [3.63, 3.8) is 0 Å². The van der Waals surface area contributed by atoms with E-state index < -0.39 is 0 Å². The molecule has 10 heavy (non-hydrogen) atoms. The molecule has 60 valence electrons.